The zero-order valence-electron chi connectivity index (χ0n) is 14.9. The van der Waals surface area contributed by atoms with Gasteiger partial charge in [-0.3, -0.25) is 9.78 Å². The summed E-state index contributed by atoms with van der Waals surface area (Å²) >= 11 is 1.69. The minimum atomic E-state index is -0.0184. The average molecular weight is 373 g/mol. The molecule has 0 saturated carbocycles. The monoisotopic (exact) mass is 373 g/mol. The van der Waals surface area contributed by atoms with Crippen LogP contribution >= 0.6 is 11.3 Å². The van der Waals surface area contributed by atoms with Gasteiger partial charge in [0.2, 0.25) is 0 Å². The van der Waals surface area contributed by atoms with Gasteiger partial charge >= 0.3 is 0 Å². The van der Waals surface area contributed by atoms with Crippen molar-refractivity contribution in [3.05, 3.63) is 68.7 Å². The molecule has 0 unspecified atom stereocenters. The van der Waals surface area contributed by atoms with Crippen molar-refractivity contribution < 1.29 is 0 Å². The van der Waals surface area contributed by atoms with Crippen LogP contribution in [0, 0.1) is 0 Å². The van der Waals surface area contributed by atoms with Crippen LogP contribution in [-0.4, -0.2) is 15.0 Å². The maximum atomic E-state index is 12.7. The predicted molar refractivity (Wildman–Crippen MR) is 112 cm³/mol. The number of benzene rings is 1. The summed E-state index contributed by atoms with van der Waals surface area (Å²) in [5, 5.41) is 1.90. The molecule has 3 heterocycles. The summed E-state index contributed by atoms with van der Waals surface area (Å²) in [5.41, 5.74) is 3.17. The van der Waals surface area contributed by atoms with Crippen LogP contribution in [0.4, 0.5) is 0 Å². The molecule has 0 saturated heterocycles. The molecule has 0 fully saturated rings. The summed E-state index contributed by atoms with van der Waals surface area (Å²) in [6.45, 7) is 0. The number of aromatic nitrogens is 3. The summed E-state index contributed by atoms with van der Waals surface area (Å²) in [7, 11) is 0. The third-order valence-corrected chi connectivity index (χ3v) is 6.36. The summed E-state index contributed by atoms with van der Waals surface area (Å²) in [4.78, 5) is 27.1. The molecule has 0 bridgehead atoms. The highest BCUT2D eigenvalue weighted by Crippen LogP contribution is 2.32. The van der Waals surface area contributed by atoms with Crippen molar-refractivity contribution in [2.24, 2.45) is 0 Å². The van der Waals surface area contributed by atoms with Gasteiger partial charge in [0.1, 0.15) is 10.7 Å². The highest BCUT2D eigenvalue weighted by Gasteiger charge is 2.18. The molecule has 0 aliphatic heterocycles. The molecule has 1 aliphatic rings. The van der Waals surface area contributed by atoms with Crippen molar-refractivity contribution >= 4 is 44.6 Å². The maximum absolute atomic E-state index is 12.7. The first-order valence-electron chi connectivity index (χ1n) is 9.36. The fraction of sp³-hybridized carbons (Fsp3) is 0.227. The molecule has 134 valence electrons. The Morgan fingerprint density at radius 3 is 2.89 bits per heavy atom. The minimum absolute atomic E-state index is 0.0184. The molecular weight excluding hydrogens is 354 g/mol. The molecule has 3 aromatic heterocycles. The Morgan fingerprint density at radius 1 is 1.04 bits per heavy atom. The number of pyridine rings is 1. The van der Waals surface area contributed by atoms with E-state index in [0.29, 0.717) is 5.82 Å². The number of thiophene rings is 1. The lowest BCUT2D eigenvalue weighted by Gasteiger charge is -2.01. The van der Waals surface area contributed by atoms with E-state index >= 15 is 0 Å². The highest BCUT2D eigenvalue weighted by molar-refractivity contribution is 7.18. The first kappa shape index (κ1) is 16.4. The smallest absolute Gasteiger partial charge is 0.260 e. The third-order valence-electron chi connectivity index (χ3n) is 5.18. The SMILES string of the molecule is O=c1[nH]c(C=Cc2cccc3cccnc23)nc2sc3c(c12)CCCCC3. The van der Waals surface area contributed by atoms with Crippen LogP contribution in [-0.2, 0) is 12.8 Å². The van der Waals surface area contributed by atoms with Crippen LogP contribution in [0.2, 0.25) is 0 Å². The Hall–Kier alpha value is -2.79. The van der Waals surface area contributed by atoms with Crippen molar-refractivity contribution in [2.75, 3.05) is 0 Å². The number of H-pyrrole nitrogens is 1. The predicted octanol–water partition coefficient (Wildman–Crippen LogP) is 4.97. The molecule has 5 heteroatoms. The largest absolute Gasteiger partial charge is 0.306 e. The van der Waals surface area contributed by atoms with Crippen LogP contribution in [0.15, 0.2) is 41.3 Å². The summed E-state index contributed by atoms with van der Waals surface area (Å²) < 4.78 is 0. The number of hydrogen-bond donors (Lipinski definition) is 1. The van der Waals surface area contributed by atoms with E-state index in [1.807, 2.05) is 42.5 Å². The standard InChI is InChI=1S/C22H19N3OS/c26-21-19-16-9-2-1-3-10-17(16)27-22(19)25-18(24-21)12-11-15-7-4-6-14-8-5-13-23-20(14)15/h4-8,11-13H,1-3,9-10H2,(H,24,25,26). The summed E-state index contributed by atoms with van der Waals surface area (Å²) in [5.74, 6) is 0.594. The highest BCUT2D eigenvalue weighted by atomic mass is 32.1. The van der Waals surface area contributed by atoms with Gasteiger partial charge in [-0.15, -0.1) is 11.3 Å². The van der Waals surface area contributed by atoms with Gasteiger partial charge in [0.25, 0.3) is 5.56 Å². The number of para-hydroxylation sites is 1. The van der Waals surface area contributed by atoms with Crippen molar-refractivity contribution in [1.29, 1.82) is 0 Å². The van der Waals surface area contributed by atoms with E-state index in [-0.39, 0.29) is 5.56 Å². The fourth-order valence-electron chi connectivity index (χ4n) is 3.87. The third kappa shape index (κ3) is 2.98. The lowest BCUT2D eigenvalue weighted by Crippen LogP contribution is -2.10. The van der Waals surface area contributed by atoms with E-state index in [2.05, 4.69) is 9.97 Å². The lowest BCUT2D eigenvalue weighted by atomic mass is 10.1. The molecule has 1 aromatic carbocycles. The van der Waals surface area contributed by atoms with Gasteiger partial charge < -0.3 is 4.98 Å². The van der Waals surface area contributed by atoms with Crippen molar-refractivity contribution in [3.8, 4) is 0 Å². The summed E-state index contributed by atoms with van der Waals surface area (Å²) in [6.07, 6.45) is 11.3. The minimum Gasteiger partial charge on any atom is -0.306 e. The van der Waals surface area contributed by atoms with Crippen LogP contribution in [0.3, 0.4) is 0 Å². The average Bonchev–Trinajstić information content (AvgIpc) is 2.88. The Labute approximate surface area is 160 Å². The van der Waals surface area contributed by atoms with Crippen molar-refractivity contribution in [2.45, 2.75) is 32.1 Å². The first-order chi connectivity index (χ1) is 13.3. The molecule has 4 aromatic rings. The van der Waals surface area contributed by atoms with E-state index in [1.165, 1.54) is 23.3 Å². The lowest BCUT2D eigenvalue weighted by molar-refractivity contribution is 0.713. The number of nitrogens with one attached hydrogen (secondary N) is 1. The van der Waals surface area contributed by atoms with Gasteiger partial charge in [-0.1, -0.05) is 30.7 Å². The second-order valence-electron chi connectivity index (χ2n) is 6.95. The number of nitrogens with zero attached hydrogens (tertiary/aromatic N) is 2. The number of rotatable bonds is 2. The number of aromatic amines is 1. The molecule has 27 heavy (non-hydrogen) atoms. The molecule has 0 radical (unpaired) electrons. The van der Waals surface area contributed by atoms with Gasteiger partial charge in [-0.2, -0.15) is 0 Å². The van der Waals surface area contributed by atoms with E-state index in [9.17, 15) is 4.79 Å². The number of hydrogen-bond acceptors (Lipinski definition) is 4. The summed E-state index contributed by atoms with van der Waals surface area (Å²) in [6, 6.07) is 10.1. The number of aryl methyl sites for hydroxylation is 2. The van der Waals surface area contributed by atoms with E-state index < -0.39 is 0 Å². The van der Waals surface area contributed by atoms with Gasteiger partial charge in [0.05, 0.1) is 10.9 Å². The van der Waals surface area contributed by atoms with Crippen molar-refractivity contribution in [3.63, 3.8) is 0 Å². The zero-order valence-corrected chi connectivity index (χ0v) is 15.7. The van der Waals surface area contributed by atoms with E-state index in [0.717, 1.165) is 45.9 Å². The molecule has 0 spiro atoms. The first-order valence-corrected chi connectivity index (χ1v) is 10.2. The quantitative estimate of drug-likeness (QED) is 0.505. The van der Waals surface area contributed by atoms with Gasteiger partial charge in [-0.05, 0) is 49.5 Å². The van der Waals surface area contributed by atoms with Gasteiger partial charge in [0, 0.05) is 22.0 Å². The number of fused-ring (bicyclic) bond motifs is 4. The van der Waals surface area contributed by atoms with Gasteiger partial charge in [0.15, 0.2) is 0 Å². The Morgan fingerprint density at radius 2 is 1.93 bits per heavy atom. The normalized spacial score (nSPS) is 14.7. The Kier molecular flexibility index (Phi) is 4.09. The van der Waals surface area contributed by atoms with E-state index in [1.54, 1.807) is 17.5 Å². The Bertz CT molecular complexity index is 1230. The topological polar surface area (TPSA) is 58.6 Å². The molecule has 0 amide bonds. The van der Waals surface area contributed by atoms with Crippen LogP contribution in [0.5, 0.6) is 0 Å². The van der Waals surface area contributed by atoms with E-state index in [4.69, 9.17) is 4.98 Å². The molecule has 5 rings (SSSR count). The second-order valence-corrected chi connectivity index (χ2v) is 8.04. The maximum Gasteiger partial charge on any atom is 0.260 e. The van der Waals surface area contributed by atoms with Crippen LogP contribution in [0.1, 0.15) is 41.1 Å². The zero-order chi connectivity index (χ0) is 18.2. The van der Waals surface area contributed by atoms with Crippen LogP contribution in [0.25, 0.3) is 33.3 Å². The second kappa shape index (κ2) is 6.74. The molecule has 0 atom stereocenters. The molecule has 1 N–H and O–H groups in total. The fourth-order valence-corrected chi connectivity index (χ4v) is 5.14. The van der Waals surface area contributed by atoms with Crippen LogP contribution < -0.4 is 5.56 Å². The molecule has 4 nitrogen and oxygen atoms in total. The Balaban J connectivity index is 1.57. The molecular formula is C22H19N3OS. The van der Waals surface area contributed by atoms with Gasteiger partial charge in [-0.25, -0.2) is 4.98 Å². The van der Waals surface area contributed by atoms with Crippen molar-refractivity contribution in [1.82, 2.24) is 15.0 Å². The molecule has 1 aliphatic carbocycles.